The normalized spacial score (nSPS) is 17.8. The van der Waals surface area contributed by atoms with Gasteiger partial charge < -0.3 is 24.8 Å². The van der Waals surface area contributed by atoms with Gasteiger partial charge >= 0.3 is 0 Å². The van der Waals surface area contributed by atoms with Gasteiger partial charge in [-0.3, -0.25) is 4.99 Å². The summed E-state index contributed by atoms with van der Waals surface area (Å²) >= 11 is 0. The van der Waals surface area contributed by atoms with Gasteiger partial charge in [-0.1, -0.05) is 26.0 Å². The first-order valence-electron chi connectivity index (χ1n) is 9.91. The van der Waals surface area contributed by atoms with Crippen LogP contribution in [0.3, 0.4) is 0 Å². The minimum atomic E-state index is -0.0553. The number of benzene rings is 1. The maximum Gasteiger partial charge on any atom is 0.191 e. The lowest BCUT2D eigenvalue weighted by Gasteiger charge is -2.24. The van der Waals surface area contributed by atoms with Crippen LogP contribution in [-0.4, -0.2) is 58.6 Å². The third-order valence-corrected chi connectivity index (χ3v) is 4.70. The summed E-state index contributed by atoms with van der Waals surface area (Å²) in [5, 5.41) is 6.71. The Bertz CT molecular complexity index is 567. The SMILES string of the molecule is CCNC(=NCC(C)(C)c1ccc(OC)cc1)NCCCOC1CCOC1. The zero-order valence-corrected chi connectivity index (χ0v) is 17.2. The zero-order valence-electron chi connectivity index (χ0n) is 17.2. The van der Waals surface area contributed by atoms with Crippen LogP contribution in [0.15, 0.2) is 29.3 Å². The van der Waals surface area contributed by atoms with Crippen molar-refractivity contribution in [3.05, 3.63) is 29.8 Å². The van der Waals surface area contributed by atoms with E-state index in [1.165, 1.54) is 5.56 Å². The Morgan fingerprint density at radius 3 is 2.67 bits per heavy atom. The number of hydrogen-bond acceptors (Lipinski definition) is 4. The molecule has 1 aromatic carbocycles. The Morgan fingerprint density at radius 1 is 1.26 bits per heavy atom. The van der Waals surface area contributed by atoms with Gasteiger partial charge in [-0.2, -0.15) is 0 Å². The molecule has 6 nitrogen and oxygen atoms in total. The highest BCUT2D eigenvalue weighted by atomic mass is 16.5. The topological polar surface area (TPSA) is 64.1 Å². The predicted molar refractivity (Wildman–Crippen MR) is 110 cm³/mol. The molecular weight excluding hydrogens is 342 g/mol. The zero-order chi connectivity index (χ0) is 19.5. The molecule has 0 amide bonds. The highest BCUT2D eigenvalue weighted by Crippen LogP contribution is 2.25. The van der Waals surface area contributed by atoms with Gasteiger partial charge in [0.25, 0.3) is 0 Å². The van der Waals surface area contributed by atoms with Crippen LogP contribution in [0.2, 0.25) is 0 Å². The third kappa shape index (κ3) is 7.39. The molecule has 0 radical (unpaired) electrons. The lowest BCUT2D eigenvalue weighted by molar-refractivity contribution is 0.0420. The Hall–Kier alpha value is -1.79. The van der Waals surface area contributed by atoms with Gasteiger partial charge in [0.05, 0.1) is 26.4 Å². The van der Waals surface area contributed by atoms with Crippen LogP contribution < -0.4 is 15.4 Å². The first kappa shape index (κ1) is 21.5. The van der Waals surface area contributed by atoms with E-state index in [0.29, 0.717) is 6.54 Å². The summed E-state index contributed by atoms with van der Waals surface area (Å²) < 4.78 is 16.4. The van der Waals surface area contributed by atoms with Crippen molar-refractivity contribution in [3.8, 4) is 5.75 Å². The third-order valence-electron chi connectivity index (χ3n) is 4.70. The van der Waals surface area contributed by atoms with E-state index in [2.05, 4.69) is 43.5 Å². The van der Waals surface area contributed by atoms with Crippen molar-refractivity contribution in [1.29, 1.82) is 0 Å². The smallest absolute Gasteiger partial charge is 0.191 e. The Balaban J connectivity index is 1.79. The molecule has 1 unspecified atom stereocenters. The van der Waals surface area contributed by atoms with E-state index >= 15 is 0 Å². The molecule has 0 bridgehead atoms. The Kier molecular flexibility index (Phi) is 8.88. The maximum absolute atomic E-state index is 5.80. The molecule has 152 valence electrons. The molecule has 0 spiro atoms. The van der Waals surface area contributed by atoms with Crippen LogP contribution in [0.5, 0.6) is 5.75 Å². The van der Waals surface area contributed by atoms with Crippen molar-refractivity contribution in [2.24, 2.45) is 4.99 Å². The molecule has 1 saturated heterocycles. The van der Waals surface area contributed by atoms with Crippen molar-refractivity contribution in [3.63, 3.8) is 0 Å². The molecule has 0 aromatic heterocycles. The van der Waals surface area contributed by atoms with Crippen molar-refractivity contribution in [1.82, 2.24) is 10.6 Å². The fourth-order valence-corrected chi connectivity index (χ4v) is 2.93. The van der Waals surface area contributed by atoms with Crippen LogP contribution in [0.1, 0.15) is 39.2 Å². The first-order chi connectivity index (χ1) is 13.0. The fraction of sp³-hybridized carbons (Fsp3) is 0.667. The number of methoxy groups -OCH3 is 1. The molecule has 1 heterocycles. The van der Waals surface area contributed by atoms with Gasteiger partial charge in [0.2, 0.25) is 0 Å². The molecule has 27 heavy (non-hydrogen) atoms. The van der Waals surface area contributed by atoms with Gasteiger partial charge in [-0.05, 0) is 37.5 Å². The average molecular weight is 378 g/mol. The summed E-state index contributed by atoms with van der Waals surface area (Å²) in [6, 6.07) is 8.22. The van der Waals surface area contributed by atoms with E-state index in [1.807, 2.05) is 12.1 Å². The van der Waals surface area contributed by atoms with Crippen LogP contribution in [-0.2, 0) is 14.9 Å². The van der Waals surface area contributed by atoms with Crippen LogP contribution in [0.4, 0.5) is 0 Å². The highest BCUT2D eigenvalue weighted by Gasteiger charge is 2.20. The standard InChI is InChI=1S/C21H35N3O3/c1-5-22-20(23-12-6-13-27-19-11-14-26-15-19)24-16-21(2,3)17-7-9-18(25-4)10-8-17/h7-10,19H,5-6,11-16H2,1-4H3,(H2,22,23,24). The summed E-state index contributed by atoms with van der Waals surface area (Å²) in [7, 11) is 1.69. The van der Waals surface area contributed by atoms with Gasteiger partial charge in [0.15, 0.2) is 5.96 Å². The minimum absolute atomic E-state index is 0.0553. The summed E-state index contributed by atoms with van der Waals surface area (Å²) in [5.74, 6) is 1.72. The molecule has 2 rings (SSSR count). The van der Waals surface area contributed by atoms with Gasteiger partial charge in [0, 0.05) is 31.7 Å². The van der Waals surface area contributed by atoms with E-state index in [1.54, 1.807) is 7.11 Å². The molecule has 1 aromatic rings. The molecule has 2 N–H and O–H groups in total. The number of nitrogens with one attached hydrogen (secondary N) is 2. The quantitative estimate of drug-likeness (QED) is 0.373. The molecule has 1 atom stereocenters. The van der Waals surface area contributed by atoms with Crippen LogP contribution in [0, 0.1) is 0 Å². The molecular formula is C21H35N3O3. The van der Waals surface area contributed by atoms with E-state index in [4.69, 9.17) is 19.2 Å². The lowest BCUT2D eigenvalue weighted by Crippen LogP contribution is -2.39. The Labute approximate surface area is 163 Å². The average Bonchev–Trinajstić information content (AvgIpc) is 3.19. The van der Waals surface area contributed by atoms with Crippen molar-refractivity contribution >= 4 is 5.96 Å². The second kappa shape index (κ2) is 11.1. The van der Waals surface area contributed by atoms with E-state index in [0.717, 1.165) is 57.5 Å². The first-order valence-corrected chi connectivity index (χ1v) is 9.91. The predicted octanol–water partition coefficient (Wildman–Crippen LogP) is 2.72. The largest absolute Gasteiger partial charge is 0.497 e. The van der Waals surface area contributed by atoms with Crippen molar-refractivity contribution in [2.75, 3.05) is 46.6 Å². The van der Waals surface area contributed by atoms with E-state index < -0.39 is 0 Å². The summed E-state index contributed by atoms with van der Waals surface area (Å²) in [5.41, 5.74) is 1.19. The van der Waals surface area contributed by atoms with Gasteiger partial charge in [-0.15, -0.1) is 0 Å². The number of rotatable bonds is 10. The number of guanidine groups is 1. The molecule has 0 saturated carbocycles. The number of ether oxygens (including phenoxy) is 3. The van der Waals surface area contributed by atoms with Crippen molar-refractivity contribution < 1.29 is 14.2 Å². The summed E-state index contributed by atoms with van der Waals surface area (Å²) in [6.45, 7) is 11.2. The van der Waals surface area contributed by atoms with Crippen molar-refractivity contribution in [2.45, 2.75) is 45.1 Å². The molecule has 6 heteroatoms. The minimum Gasteiger partial charge on any atom is -0.497 e. The highest BCUT2D eigenvalue weighted by molar-refractivity contribution is 5.79. The van der Waals surface area contributed by atoms with Crippen LogP contribution >= 0.6 is 0 Å². The fourth-order valence-electron chi connectivity index (χ4n) is 2.93. The Morgan fingerprint density at radius 2 is 2.04 bits per heavy atom. The number of nitrogens with zero attached hydrogens (tertiary/aromatic N) is 1. The lowest BCUT2D eigenvalue weighted by atomic mass is 9.85. The van der Waals surface area contributed by atoms with E-state index in [9.17, 15) is 0 Å². The molecule has 0 aliphatic carbocycles. The van der Waals surface area contributed by atoms with Gasteiger partial charge in [0.1, 0.15) is 5.75 Å². The van der Waals surface area contributed by atoms with E-state index in [-0.39, 0.29) is 11.5 Å². The molecule has 1 aliphatic rings. The molecule has 1 fully saturated rings. The monoisotopic (exact) mass is 377 g/mol. The second-order valence-electron chi connectivity index (χ2n) is 7.44. The maximum atomic E-state index is 5.80. The molecule has 1 aliphatic heterocycles. The number of aliphatic imine (C=N–C) groups is 1. The second-order valence-corrected chi connectivity index (χ2v) is 7.44. The summed E-state index contributed by atoms with van der Waals surface area (Å²) in [6.07, 6.45) is 2.23. The summed E-state index contributed by atoms with van der Waals surface area (Å²) in [4.78, 5) is 4.78. The number of hydrogen-bond donors (Lipinski definition) is 2. The van der Waals surface area contributed by atoms with Gasteiger partial charge in [-0.25, -0.2) is 0 Å². The van der Waals surface area contributed by atoms with Crippen LogP contribution in [0.25, 0.3) is 0 Å².